The minimum Gasteiger partial charge on any atom is -0.338 e. The van der Waals surface area contributed by atoms with E-state index in [-0.39, 0.29) is 5.91 Å². The highest BCUT2D eigenvalue weighted by Crippen LogP contribution is 2.48. The Morgan fingerprint density at radius 3 is 2.61 bits per heavy atom. The van der Waals surface area contributed by atoms with Crippen LogP contribution in [0.25, 0.3) is 0 Å². The first-order valence-electron chi connectivity index (χ1n) is 8.70. The number of hydrogen-bond acceptors (Lipinski definition) is 2. The maximum absolute atomic E-state index is 13.0. The van der Waals surface area contributed by atoms with Gasteiger partial charge in [0.15, 0.2) is 0 Å². The molecule has 3 nitrogen and oxygen atoms in total. The molecule has 0 N–H and O–H groups in total. The summed E-state index contributed by atoms with van der Waals surface area (Å²) in [6.45, 7) is 2.82. The summed E-state index contributed by atoms with van der Waals surface area (Å²) >= 11 is 6.24. The Labute approximate surface area is 144 Å². The largest absolute Gasteiger partial charge is 0.338 e. The lowest BCUT2D eigenvalue weighted by Gasteiger charge is -2.39. The molecule has 1 atom stereocenters. The first-order valence-corrected chi connectivity index (χ1v) is 9.08. The van der Waals surface area contributed by atoms with Crippen LogP contribution in [0.3, 0.4) is 0 Å². The van der Waals surface area contributed by atoms with Crippen molar-refractivity contribution in [2.45, 2.75) is 32.1 Å². The average Bonchev–Trinajstić information content (AvgIpc) is 2.85. The summed E-state index contributed by atoms with van der Waals surface area (Å²) in [7, 11) is 4.27. The van der Waals surface area contributed by atoms with Gasteiger partial charge in [-0.25, -0.2) is 0 Å². The number of likely N-dealkylation sites (tertiary alicyclic amines) is 1. The molecule has 0 aromatic heterocycles. The predicted octanol–water partition coefficient (Wildman–Crippen LogP) is 3.92. The zero-order valence-electron chi connectivity index (χ0n) is 14.2. The number of carbonyl (C=O) groups excluding carboxylic acids is 1. The fourth-order valence-corrected chi connectivity index (χ4v) is 4.72. The van der Waals surface area contributed by atoms with E-state index in [4.69, 9.17) is 11.6 Å². The summed E-state index contributed by atoms with van der Waals surface area (Å²) in [5, 5.41) is 0.561. The number of rotatable bonds is 3. The van der Waals surface area contributed by atoms with E-state index in [1.165, 1.54) is 32.1 Å². The molecule has 0 radical (unpaired) electrons. The Balaban J connectivity index is 1.82. The van der Waals surface area contributed by atoms with Crippen molar-refractivity contribution in [3.05, 3.63) is 34.9 Å². The molecule has 4 heteroatoms. The number of benzene rings is 1. The Morgan fingerprint density at radius 2 is 1.96 bits per heavy atom. The summed E-state index contributed by atoms with van der Waals surface area (Å²) in [4.78, 5) is 17.3. The summed E-state index contributed by atoms with van der Waals surface area (Å²) in [5.41, 5.74) is 0.963. The molecule has 3 rings (SSSR count). The summed E-state index contributed by atoms with van der Waals surface area (Å²) < 4.78 is 0. The highest BCUT2D eigenvalue weighted by Gasteiger charge is 2.48. The van der Waals surface area contributed by atoms with E-state index < -0.39 is 0 Å². The molecular formula is C19H27ClN2O. The van der Waals surface area contributed by atoms with Gasteiger partial charge in [-0.1, -0.05) is 43.0 Å². The number of halogens is 1. The Bertz CT molecular complexity index is 566. The van der Waals surface area contributed by atoms with Crippen LogP contribution in [0.15, 0.2) is 24.3 Å². The van der Waals surface area contributed by atoms with Crippen LogP contribution in [0, 0.1) is 11.3 Å². The molecular weight excluding hydrogens is 308 g/mol. The van der Waals surface area contributed by atoms with E-state index in [1.807, 2.05) is 18.2 Å². The number of hydrogen-bond donors (Lipinski definition) is 0. The normalized spacial score (nSPS) is 23.7. The third kappa shape index (κ3) is 3.41. The van der Waals surface area contributed by atoms with E-state index in [2.05, 4.69) is 23.9 Å². The lowest BCUT2D eigenvalue weighted by Crippen LogP contribution is -2.38. The minimum absolute atomic E-state index is 0.0989. The molecule has 1 aromatic carbocycles. The molecule has 1 amide bonds. The van der Waals surface area contributed by atoms with Crippen molar-refractivity contribution in [3.8, 4) is 0 Å². The van der Waals surface area contributed by atoms with Gasteiger partial charge in [-0.3, -0.25) is 4.79 Å². The SMILES string of the molecule is CN(C)CC1CN(C(=O)c2ccccc2Cl)CC12CCCCC2. The van der Waals surface area contributed by atoms with Crippen LogP contribution < -0.4 is 0 Å². The van der Waals surface area contributed by atoms with Gasteiger partial charge in [0.25, 0.3) is 5.91 Å². The fraction of sp³-hybridized carbons (Fsp3) is 0.632. The lowest BCUT2D eigenvalue weighted by molar-refractivity contribution is 0.0755. The second-order valence-corrected chi connectivity index (χ2v) is 7.95. The van der Waals surface area contributed by atoms with Crippen molar-refractivity contribution in [2.75, 3.05) is 33.7 Å². The lowest BCUT2D eigenvalue weighted by atomic mass is 9.67. The zero-order chi connectivity index (χ0) is 16.4. The van der Waals surface area contributed by atoms with E-state index in [1.54, 1.807) is 6.07 Å². The molecule has 2 fully saturated rings. The smallest absolute Gasteiger partial charge is 0.255 e. The van der Waals surface area contributed by atoms with E-state index in [9.17, 15) is 4.79 Å². The van der Waals surface area contributed by atoms with E-state index >= 15 is 0 Å². The third-order valence-corrected chi connectivity index (χ3v) is 5.97. The zero-order valence-corrected chi connectivity index (χ0v) is 15.0. The second-order valence-electron chi connectivity index (χ2n) is 7.55. The average molecular weight is 335 g/mol. The van der Waals surface area contributed by atoms with Gasteiger partial charge in [0.1, 0.15) is 0 Å². The van der Waals surface area contributed by atoms with Crippen LogP contribution in [0.4, 0.5) is 0 Å². The Morgan fingerprint density at radius 1 is 1.26 bits per heavy atom. The molecule has 1 unspecified atom stereocenters. The van der Waals surface area contributed by atoms with Gasteiger partial charge in [-0.2, -0.15) is 0 Å². The van der Waals surface area contributed by atoms with Gasteiger partial charge < -0.3 is 9.80 Å². The highest BCUT2D eigenvalue weighted by atomic mass is 35.5. The quantitative estimate of drug-likeness (QED) is 0.836. The van der Waals surface area contributed by atoms with Crippen molar-refractivity contribution < 1.29 is 4.79 Å². The first-order chi connectivity index (χ1) is 11.0. The molecule has 126 valence electrons. The van der Waals surface area contributed by atoms with Crippen LogP contribution in [0.5, 0.6) is 0 Å². The molecule has 1 heterocycles. The molecule has 1 aromatic rings. The van der Waals surface area contributed by atoms with Crippen molar-refractivity contribution in [2.24, 2.45) is 11.3 Å². The van der Waals surface area contributed by atoms with Gasteiger partial charge in [0.05, 0.1) is 10.6 Å². The molecule has 1 saturated heterocycles. The van der Waals surface area contributed by atoms with Gasteiger partial charge in [-0.05, 0) is 50.4 Å². The minimum atomic E-state index is 0.0989. The number of carbonyl (C=O) groups is 1. The predicted molar refractivity (Wildman–Crippen MR) is 94.9 cm³/mol. The molecule has 1 saturated carbocycles. The van der Waals surface area contributed by atoms with Crippen LogP contribution in [-0.4, -0.2) is 49.4 Å². The molecule has 1 aliphatic carbocycles. The Hall–Kier alpha value is -1.06. The van der Waals surface area contributed by atoms with Crippen molar-refractivity contribution >= 4 is 17.5 Å². The molecule has 1 aliphatic heterocycles. The van der Waals surface area contributed by atoms with Gasteiger partial charge in [-0.15, -0.1) is 0 Å². The van der Waals surface area contributed by atoms with Gasteiger partial charge in [0, 0.05) is 19.6 Å². The molecule has 23 heavy (non-hydrogen) atoms. The van der Waals surface area contributed by atoms with E-state index in [0.717, 1.165) is 19.6 Å². The second kappa shape index (κ2) is 6.82. The van der Waals surface area contributed by atoms with E-state index in [0.29, 0.717) is 21.9 Å². The topological polar surface area (TPSA) is 23.6 Å². The highest BCUT2D eigenvalue weighted by molar-refractivity contribution is 6.33. The van der Waals surface area contributed by atoms with Crippen LogP contribution >= 0.6 is 11.6 Å². The molecule has 2 aliphatic rings. The Kier molecular flexibility index (Phi) is 4.98. The fourth-order valence-electron chi connectivity index (χ4n) is 4.51. The first kappa shape index (κ1) is 16.8. The van der Waals surface area contributed by atoms with Crippen molar-refractivity contribution in [1.29, 1.82) is 0 Å². The summed E-state index contributed by atoms with van der Waals surface area (Å²) in [6, 6.07) is 7.42. The molecule has 0 bridgehead atoms. The van der Waals surface area contributed by atoms with Crippen LogP contribution in [0.1, 0.15) is 42.5 Å². The molecule has 1 spiro atoms. The third-order valence-electron chi connectivity index (χ3n) is 5.64. The summed E-state index contributed by atoms with van der Waals surface area (Å²) in [5.74, 6) is 0.672. The standard InChI is InChI=1S/C19H27ClN2O/c1-21(2)12-15-13-22(14-19(15)10-6-3-7-11-19)18(23)16-8-4-5-9-17(16)20/h4-5,8-9,15H,3,6-7,10-14H2,1-2H3. The van der Waals surface area contributed by atoms with Crippen molar-refractivity contribution in [1.82, 2.24) is 9.80 Å². The van der Waals surface area contributed by atoms with Gasteiger partial charge in [0.2, 0.25) is 0 Å². The maximum Gasteiger partial charge on any atom is 0.255 e. The number of amides is 1. The summed E-state index contributed by atoms with van der Waals surface area (Å²) in [6.07, 6.45) is 6.47. The number of nitrogens with zero attached hydrogens (tertiary/aromatic N) is 2. The van der Waals surface area contributed by atoms with Gasteiger partial charge >= 0.3 is 0 Å². The van der Waals surface area contributed by atoms with Crippen molar-refractivity contribution in [3.63, 3.8) is 0 Å². The monoisotopic (exact) mass is 334 g/mol. The van der Waals surface area contributed by atoms with Crippen LogP contribution in [-0.2, 0) is 0 Å². The maximum atomic E-state index is 13.0. The van der Waals surface area contributed by atoms with Crippen LogP contribution in [0.2, 0.25) is 5.02 Å².